The summed E-state index contributed by atoms with van der Waals surface area (Å²) in [6.45, 7) is 2.49. The Hall–Kier alpha value is -0.830. The maximum Gasteiger partial charge on any atom is 0.253 e. The van der Waals surface area contributed by atoms with Crippen molar-refractivity contribution in [3.05, 3.63) is 0 Å². The third-order valence-corrected chi connectivity index (χ3v) is 7.14. The van der Waals surface area contributed by atoms with Crippen LogP contribution in [-0.4, -0.2) is 43.4 Å². The van der Waals surface area contributed by atoms with Gasteiger partial charge in [-0.2, -0.15) is 5.48 Å². The van der Waals surface area contributed by atoms with Gasteiger partial charge in [-0.1, -0.05) is 0 Å². The SMILES string of the molecule is CC1NC(C2CCC3C(CC[C@H]3NC(=O)C3CCNC(C(F)F)C3)C2)NO1. The molecular weight excluding hydrogens is 354 g/mol. The van der Waals surface area contributed by atoms with Gasteiger partial charge < -0.3 is 10.6 Å². The lowest BCUT2D eigenvalue weighted by molar-refractivity contribution is -0.127. The average molecular weight is 386 g/mol. The second-order valence-electron chi connectivity index (χ2n) is 8.83. The van der Waals surface area contributed by atoms with Gasteiger partial charge in [0.25, 0.3) is 6.43 Å². The first-order chi connectivity index (χ1) is 13.0. The quantitative estimate of drug-likeness (QED) is 0.592. The van der Waals surface area contributed by atoms with Gasteiger partial charge in [-0.3, -0.25) is 14.9 Å². The maximum absolute atomic E-state index is 13.0. The van der Waals surface area contributed by atoms with Crippen molar-refractivity contribution in [2.75, 3.05) is 6.54 Å². The van der Waals surface area contributed by atoms with E-state index < -0.39 is 12.5 Å². The molecule has 7 unspecified atom stereocenters. The Morgan fingerprint density at radius 3 is 2.67 bits per heavy atom. The number of rotatable bonds is 4. The fourth-order valence-electron chi connectivity index (χ4n) is 5.68. The monoisotopic (exact) mass is 386 g/mol. The Labute approximate surface area is 159 Å². The Morgan fingerprint density at radius 2 is 1.93 bits per heavy atom. The molecule has 0 radical (unpaired) electrons. The number of amides is 1. The Morgan fingerprint density at radius 1 is 1.11 bits per heavy atom. The van der Waals surface area contributed by atoms with Crippen LogP contribution >= 0.6 is 0 Å². The number of alkyl halides is 2. The van der Waals surface area contributed by atoms with E-state index in [2.05, 4.69) is 21.4 Å². The van der Waals surface area contributed by atoms with Gasteiger partial charge in [0.15, 0.2) is 0 Å². The van der Waals surface area contributed by atoms with Crippen molar-refractivity contribution >= 4 is 5.91 Å². The minimum atomic E-state index is -2.41. The van der Waals surface area contributed by atoms with E-state index in [0.29, 0.717) is 30.7 Å². The molecule has 0 aromatic carbocycles. The molecule has 4 fully saturated rings. The van der Waals surface area contributed by atoms with Crippen molar-refractivity contribution in [1.29, 1.82) is 0 Å². The smallest absolute Gasteiger partial charge is 0.253 e. The topological polar surface area (TPSA) is 74.4 Å². The summed E-state index contributed by atoms with van der Waals surface area (Å²) in [5, 5.41) is 9.49. The molecule has 4 aliphatic rings. The highest BCUT2D eigenvalue weighted by molar-refractivity contribution is 5.79. The summed E-state index contributed by atoms with van der Waals surface area (Å²) < 4.78 is 25.9. The van der Waals surface area contributed by atoms with E-state index in [9.17, 15) is 13.6 Å². The van der Waals surface area contributed by atoms with Gasteiger partial charge in [0.2, 0.25) is 5.91 Å². The molecule has 0 aromatic heterocycles. The molecule has 2 saturated carbocycles. The molecule has 27 heavy (non-hydrogen) atoms. The van der Waals surface area contributed by atoms with Crippen molar-refractivity contribution < 1.29 is 18.4 Å². The van der Waals surface area contributed by atoms with E-state index in [0.717, 1.165) is 32.1 Å². The predicted molar refractivity (Wildman–Crippen MR) is 96.6 cm³/mol. The summed E-state index contributed by atoms with van der Waals surface area (Å²) in [4.78, 5) is 18.1. The largest absolute Gasteiger partial charge is 0.353 e. The Bertz CT molecular complexity index is 538. The first kappa shape index (κ1) is 19.5. The van der Waals surface area contributed by atoms with Gasteiger partial charge in [-0.25, -0.2) is 8.78 Å². The molecule has 4 rings (SSSR count). The van der Waals surface area contributed by atoms with Crippen molar-refractivity contribution in [3.8, 4) is 0 Å². The first-order valence-electron chi connectivity index (χ1n) is 10.5. The number of piperidine rings is 1. The molecule has 2 heterocycles. The lowest BCUT2D eigenvalue weighted by Gasteiger charge is -2.37. The molecule has 0 aromatic rings. The standard InChI is InChI=1S/C19H32F2N4O2/c1-10-23-18(25-27-10)12-2-4-14-11(8-12)3-5-15(14)24-19(26)13-6-7-22-16(9-13)17(20)21/h10-18,22-23,25H,2-9H2,1H3,(H,24,26)/t10?,11?,12?,13?,14?,15-,16?,18?/m1/s1. The van der Waals surface area contributed by atoms with Crippen LogP contribution in [0.2, 0.25) is 0 Å². The molecule has 1 amide bonds. The summed E-state index contributed by atoms with van der Waals surface area (Å²) in [5.41, 5.74) is 3.11. The molecule has 2 aliphatic heterocycles. The molecule has 4 N–H and O–H groups in total. The minimum absolute atomic E-state index is 0.0173. The number of halogens is 2. The van der Waals surface area contributed by atoms with Crippen LogP contribution < -0.4 is 21.4 Å². The molecule has 2 saturated heterocycles. The summed E-state index contributed by atoms with van der Waals surface area (Å²) >= 11 is 0. The van der Waals surface area contributed by atoms with Crippen LogP contribution in [0.4, 0.5) is 8.78 Å². The first-order valence-corrected chi connectivity index (χ1v) is 10.5. The predicted octanol–water partition coefficient (Wildman–Crippen LogP) is 1.73. The van der Waals surface area contributed by atoms with E-state index in [1.54, 1.807) is 0 Å². The molecular formula is C19H32F2N4O2. The normalized spacial score (nSPS) is 45.0. The molecule has 0 bridgehead atoms. The number of hydrogen-bond donors (Lipinski definition) is 4. The highest BCUT2D eigenvalue weighted by Gasteiger charge is 2.44. The summed E-state index contributed by atoms with van der Waals surface area (Å²) in [5.74, 6) is 1.41. The zero-order valence-electron chi connectivity index (χ0n) is 15.9. The Balaban J connectivity index is 1.28. The summed E-state index contributed by atoms with van der Waals surface area (Å²) in [7, 11) is 0. The van der Waals surface area contributed by atoms with Crippen molar-refractivity contribution in [3.63, 3.8) is 0 Å². The highest BCUT2D eigenvalue weighted by atomic mass is 19.3. The van der Waals surface area contributed by atoms with E-state index >= 15 is 0 Å². The van der Waals surface area contributed by atoms with Crippen molar-refractivity contribution in [2.45, 2.75) is 82.8 Å². The van der Waals surface area contributed by atoms with Gasteiger partial charge in [-0.05, 0) is 76.2 Å². The number of carbonyl (C=O) groups is 1. The van der Waals surface area contributed by atoms with Crippen molar-refractivity contribution in [1.82, 2.24) is 21.4 Å². The van der Waals surface area contributed by atoms with Crippen LogP contribution in [0, 0.1) is 23.7 Å². The lowest BCUT2D eigenvalue weighted by atomic mass is 9.73. The minimum Gasteiger partial charge on any atom is -0.353 e. The molecule has 0 spiro atoms. The lowest BCUT2D eigenvalue weighted by Crippen LogP contribution is -2.50. The zero-order chi connectivity index (χ0) is 19.0. The van der Waals surface area contributed by atoms with Gasteiger partial charge in [0.05, 0.1) is 12.2 Å². The number of hydroxylamine groups is 1. The average Bonchev–Trinajstić information content (AvgIpc) is 3.28. The van der Waals surface area contributed by atoms with Crippen LogP contribution in [0.15, 0.2) is 0 Å². The molecule has 154 valence electrons. The van der Waals surface area contributed by atoms with Crippen LogP contribution in [0.5, 0.6) is 0 Å². The number of fused-ring (bicyclic) bond motifs is 1. The van der Waals surface area contributed by atoms with Crippen LogP contribution in [0.25, 0.3) is 0 Å². The molecule has 8 atom stereocenters. The number of nitrogens with one attached hydrogen (secondary N) is 4. The van der Waals surface area contributed by atoms with Crippen LogP contribution in [0.1, 0.15) is 51.9 Å². The number of carbonyl (C=O) groups excluding carboxylic acids is 1. The van der Waals surface area contributed by atoms with Crippen LogP contribution in [-0.2, 0) is 9.63 Å². The van der Waals surface area contributed by atoms with E-state index in [-0.39, 0.29) is 36.7 Å². The van der Waals surface area contributed by atoms with E-state index in [4.69, 9.17) is 4.84 Å². The fourth-order valence-corrected chi connectivity index (χ4v) is 5.68. The third-order valence-electron chi connectivity index (χ3n) is 7.14. The summed E-state index contributed by atoms with van der Waals surface area (Å²) in [6, 6.07) is -0.639. The fraction of sp³-hybridized carbons (Fsp3) is 0.947. The molecule has 8 heteroatoms. The maximum atomic E-state index is 13.0. The van der Waals surface area contributed by atoms with Gasteiger partial charge in [0, 0.05) is 12.0 Å². The van der Waals surface area contributed by atoms with Crippen molar-refractivity contribution in [2.24, 2.45) is 23.7 Å². The van der Waals surface area contributed by atoms with Gasteiger partial charge >= 0.3 is 0 Å². The highest BCUT2D eigenvalue weighted by Crippen LogP contribution is 2.45. The van der Waals surface area contributed by atoms with E-state index in [1.807, 2.05) is 6.92 Å². The van der Waals surface area contributed by atoms with Gasteiger partial charge in [-0.15, -0.1) is 0 Å². The second kappa shape index (κ2) is 8.27. The van der Waals surface area contributed by atoms with Crippen LogP contribution in [0.3, 0.4) is 0 Å². The van der Waals surface area contributed by atoms with E-state index in [1.165, 1.54) is 0 Å². The van der Waals surface area contributed by atoms with Gasteiger partial charge in [0.1, 0.15) is 6.23 Å². The second-order valence-corrected chi connectivity index (χ2v) is 8.83. The molecule has 2 aliphatic carbocycles. The zero-order valence-corrected chi connectivity index (χ0v) is 15.9. The Kier molecular flexibility index (Phi) is 5.97. The number of hydrogen-bond acceptors (Lipinski definition) is 5. The third kappa shape index (κ3) is 4.28. The molecule has 6 nitrogen and oxygen atoms in total. The summed E-state index contributed by atoms with van der Waals surface area (Å²) in [6.07, 6.45) is 4.28.